The Morgan fingerprint density at radius 1 is 1.03 bits per heavy atom. The minimum Gasteiger partial charge on any atom is -0.424 e. The summed E-state index contributed by atoms with van der Waals surface area (Å²) in [5.41, 5.74) is 2.74. The zero-order valence-electron chi connectivity index (χ0n) is 19.2. The highest BCUT2D eigenvalue weighted by Crippen LogP contribution is 2.46. The summed E-state index contributed by atoms with van der Waals surface area (Å²) in [6, 6.07) is 13.5. The van der Waals surface area contributed by atoms with Gasteiger partial charge in [-0.1, -0.05) is 41.9 Å². The number of nitrogens with one attached hydrogen (secondary N) is 1. The number of halogens is 4. The number of nitrogens with zero attached hydrogens (tertiary/aromatic N) is 1. The number of fused-ring (bicyclic) bond motifs is 1. The molecule has 2 heterocycles. The first-order valence-corrected chi connectivity index (χ1v) is 12.0. The predicted octanol–water partition coefficient (Wildman–Crippen LogP) is 5.30. The van der Waals surface area contributed by atoms with E-state index in [2.05, 4.69) is 0 Å². The van der Waals surface area contributed by atoms with E-state index in [1.807, 2.05) is 46.6 Å². The van der Waals surface area contributed by atoms with Gasteiger partial charge in [-0.2, -0.15) is 13.2 Å². The van der Waals surface area contributed by atoms with E-state index in [0.717, 1.165) is 11.1 Å². The Bertz CT molecular complexity index is 1210. The highest BCUT2D eigenvalue weighted by atomic mass is 35.5. The molecule has 1 aliphatic carbocycles. The number of morpholine rings is 1. The van der Waals surface area contributed by atoms with Crippen LogP contribution in [-0.2, 0) is 9.53 Å². The fraction of sp³-hybridized carbons (Fsp3) is 0.346. The summed E-state index contributed by atoms with van der Waals surface area (Å²) in [6.45, 7) is 1.98. The average molecular weight is 521 g/mol. The second-order valence-electron chi connectivity index (χ2n) is 8.72. The van der Waals surface area contributed by atoms with Gasteiger partial charge in [0.1, 0.15) is 0 Å². The lowest BCUT2D eigenvalue weighted by molar-refractivity contribution is -0.319. The third-order valence-corrected chi connectivity index (χ3v) is 6.50. The first-order valence-electron chi connectivity index (χ1n) is 11.6. The zero-order valence-corrected chi connectivity index (χ0v) is 20.0. The molecule has 1 N–H and O–H groups in total. The van der Waals surface area contributed by atoms with Crippen LogP contribution in [0.2, 0.25) is 5.02 Å². The van der Waals surface area contributed by atoms with Gasteiger partial charge >= 0.3 is 12.1 Å². The number of amides is 1. The molecule has 6 nitrogen and oxygen atoms in total. The Morgan fingerprint density at radius 2 is 1.75 bits per heavy atom. The van der Waals surface area contributed by atoms with Crippen molar-refractivity contribution in [2.45, 2.75) is 31.3 Å². The number of rotatable bonds is 4. The second-order valence-corrected chi connectivity index (χ2v) is 9.16. The largest absolute Gasteiger partial charge is 0.492 e. The minimum atomic E-state index is -5.06. The van der Waals surface area contributed by atoms with Crippen molar-refractivity contribution in [2.75, 3.05) is 26.3 Å². The number of carbonyl (C=O) groups is 1. The van der Waals surface area contributed by atoms with Crippen molar-refractivity contribution in [2.24, 2.45) is 0 Å². The molecule has 1 atom stereocenters. The number of hydrogen-bond acceptors (Lipinski definition) is 5. The van der Waals surface area contributed by atoms with Gasteiger partial charge in [-0.3, -0.25) is 10.1 Å². The van der Waals surface area contributed by atoms with Gasteiger partial charge < -0.3 is 19.1 Å². The van der Waals surface area contributed by atoms with E-state index >= 15 is 0 Å². The van der Waals surface area contributed by atoms with E-state index in [0.29, 0.717) is 51.3 Å². The molecule has 1 amide bonds. The quantitative estimate of drug-likeness (QED) is 0.593. The Morgan fingerprint density at radius 3 is 2.47 bits per heavy atom. The van der Waals surface area contributed by atoms with Crippen molar-refractivity contribution < 1.29 is 32.2 Å². The molecule has 190 valence electrons. The molecular weight excluding hydrogens is 497 g/mol. The van der Waals surface area contributed by atoms with Crippen molar-refractivity contribution in [3.8, 4) is 11.5 Å². The van der Waals surface area contributed by atoms with Crippen LogP contribution in [0.1, 0.15) is 24.8 Å². The van der Waals surface area contributed by atoms with Crippen LogP contribution >= 0.6 is 11.6 Å². The summed E-state index contributed by atoms with van der Waals surface area (Å²) in [5, 5.41) is 2.21. The van der Waals surface area contributed by atoms with Crippen LogP contribution in [0.5, 0.6) is 11.5 Å². The summed E-state index contributed by atoms with van der Waals surface area (Å²) in [6.07, 6.45) is -1.45. The van der Waals surface area contributed by atoms with E-state index in [1.165, 1.54) is 18.2 Å². The molecule has 0 saturated carbocycles. The van der Waals surface area contributed by atoms with Gasteiger partial charge in [-0.05, 0) is 48.6 Å². The molecule has 2 aromatic rings. The van der Waals surface area contributed by atoms with E-state index in [-0.39, 0.29) is 22.1 Å². The van der Waals surface area contributed by atoms with Crippen molar-refractivity contribution in [1.29, 1.82) is 0 Å². The Kier molecular flexibility index (Phi) is 6.61. The van der Waals surface area contributed by atoms with Crippen molar-refractivity contribution >= 4 is 23.6 Å². The molecule has 1 fully saturated rings. The van der Waals surface area contributed by atoms with Gasteiger partial charge in [0.05, 0.1) is 13.2 Å². The normalized spacial score (nSPS) is 23.2. The van der Waals surface area contributed by atoms with Gasteiger partial charge in [0, 0.05) is 35.4 Å². The number of alkyl halides is 3. The molecular formula is C26H24ClF3N2O4. The topological polar surface area (TPSA) is 60.0 Å². The first kappa shape index (κ1) is 24.5. The third-order valence-electron chi connectivity index (χ3n) is 6.27. The first-order chi connectivity index (χ1) is 17.3. The van der Waals surface area contributed by atoms with Gasteiger partial charge in [0.25, 0.3) is 5.91 Å². The van der Waals surface area contributed by atoms with Gasteiger partial charge in [-0.25, -0.2) is 0 Å². The highest BCUT2D eigenvalue weighted by Gasteiger charge is 2.66. The van der Waals surface area contributed by atoms with Crippen molar-refractivity contribution in [3.05, 3.63) is 76.0 Å². The number of allylic oxidation sites excluding steroid dienone is 1. The van der Waals surface area contributed by atoms with Gasteiger partial charge in [-0.15, -0.1) is 0 Å². The van der Waals surface area contributed by atoms with Crippen LogP contribution in [0.15, 0.2) is 65.4 Å². The Balaban J connectivity index is 1.53. The van der Waals surface area contributed by atoms with E-state index in [4.69, 9.17) is 25.8 Å². The Hall–Kier alpha value is -3.17. The maximum Gasteiger partial charge on any atom is 0.492 e. The molecule has 0 radical (unpaired) electrons. The standard InChI is InChI=1S/C26H24ClF3N2O4/c27-19-9-10-21-22(16-19)36-26(35-21,25(28,29)30)31-24(33)20-8-4-7-18(15-17-5-2-1-3-6-17)23(20)32-11-13-34-14-12-32/h1-3,5-6,9-10,15-16H,4,7-8,11-14H2,(H,31,33)/b18-15+/t26-/m0/s1. The minimum absolute atomic E-state index is 0.160. The lowest BCUT2D eigenvalue weighted by Crippen LogP contribution is -2.65. The predicted molar refractivity (Wildman–Crippen MR) is 127 cm³/mol. The van der Waals surface area contributed by atoms with Crippen LogP contribution in [0, 0.1) is 0 Å². The number of carbonyl (C=O) groups excluding carboxylic acids is 1. The third kappa shape index (κ3) is 4.77. The van der Waals surface area contributed by atoms with Crippen molar-refractivity contribution in [1.82, 2.24) is 10.2 Å². The highest BCUT2D eigenvalue weighted by molar-refractivity contribution is 6.30. The second kappa shape index (κ2) is 9.71. The molecule has 10 heteroatoms. The van der Waals surface area contributed by atoms with Crippen LogP contribution in [0.25, 0.3) is 6.08 Å². The fourth-order valence-electron chi connectivity index (χ4n) is 4.62. The molecule has 0 spiro atoms. The van der Waals surface area contributed by atoms with Crippen LogP contribution in [0.4, 0.5) is 13.2 Å². The number of ether oxygens (including phenoxy) is 3. The summed E-state index contributed by atoms with van der Waals surface area (Å²) < 4.78 is 58.6. The Labute approximate surface area is 211 Å². The maximum atomic E-state index is 14.3. The summed E-state index contributed by atoms with van der Waals surface area (Å²) in [4.78, 5) is 15.5. The molecule has 3 aliphatic rings. The lowest BCUT2D eigenvalue weighted by atomic mass is 9.88. The monoisotopic (exact) mass is 520 g/mol. The smallest absolute Gasteiger partial charge is 0.424 e. The van der Waals surface area contributed by atoms with E-state index < -0.39 is 18.0 Å². The fourth-order valence-corrected chi connectivity index (χ4v) is 4.78. The summed E-state index contributed by atoms with van der Waals surface area (Å²) in [7, 11) is 0. The molecule has 2 aromatic carbocycles. The molecule has 2 aliphatic heterocycles. The SMILES string of the molecule is O=C(N[C@@]1(C(F)(F)F)Oc2ccc(Cl)cc2O1)C1=C(N2CCOCC2)/C(=C/c2ccccc2)CCC1. The molecule has 0 unspecified atom stereocenters. The zero-order chi connectivity index (χ0) is 25.3. The van der Waals surface area contributed by atoms with Crippen LogP contribution in [0.3, 0.4) is 0 Å². The number of hydrogen-bond donors (Lipinski definition) is 1. The van der Waals surface area contributed by atoms with Crippen molar-refractivity contribution in [3.63, 3.8) is 0 Å². The number of benzene rings is 2. The molecule has 5 rings (SSSR count). The molecule has 36 heavy (non-hydrogen) atoms. The van der Waals surface area contributed by atoms with E-state index in [9.17, 15) is 18.0 Å². The van der Waals surface area contributed by atoms with E-state index in [1.54, 1.807) is 0 Å². The average Bonchev–Trinajstić information content (AvgIpc) is 3.23. The molecule has 0 bridgehead atoms. The van der Waals surface area contributed by atoms with Crippen LogP contribution in [-0.4, -0.2) is 49.2 Å². The van der Waals surface area contributed by atoms with Gasteiger partial charge in [0.15, 0.2) is 11.5 Å². The summed E-state index contributed by atoms with van der Waals surface area (Å²) >= 11 is 5.91. The summed E-state index contributed by atoms with van der Waals surface area (Å²) in [5.74, 6) is -4.61. The lowest BCUT2D eigenvalue weighted by Gasteiger charge is -2.37. The molecule has 1 saturated heterocycles. The molecule has 0 aromatic heterocycles. The maximum absolute atomic E-state index is 14.3. The van der Waals surface area contributed by atoms with Crippen LogP contribution < -0.4 is 14.8 Å². The van der Waals surface area contributed by atoms with Gasteiger partial charge in [0.2, 0.25) is 0 Å².